The lowest BCUT2D eigenvalue weighted by Crippen LogP contribution is -2.18. The van der Waals surface area contributed by atoms with Gasteiger partial charge in [0.1, 0.15) is 11.6 Å². The summed E-state index contributed by atoms with van der Waals surface area (Å²) in [4.78, 5) is 12.7. The molecule has 0 saturated carbocycles. The average Bonchev–Trinajstić information content (AvgIpc) is 3.11. The predicted molar refractivity (Wildman–Crippen MR) is 111 cm³/mol. The van der Waals surface area contributed by atoms with Crippen molar-refractivity contribution in [3.05, 3.63) is 93.4 Å². The van der Waals surface area contributed by atoms with Crippen LogP contribution < -0.4 is 0 Å². The third-order valence-electron chi connectivity index (χ3n) is 4.34. The molecule has 140 valence electrons. The summed E-state index contributed by atoms with van der Waals surface area (Å²) in [5.41, 5.74) is 2.84. The van der Waals surface area contributed by atoms with Crippen molar-refractivity contribution in [1.82, 2.24) is 15.0 Å². The second kappa shape index (κ2) is 8.12. The minimum Gasteiger partial charge on any atom is -0.452 e. The second-order valence-electron chi connectivity index (χ2n) is 6.19. The van der Waals surface area contributed by atoms with E-state index in [0.29, 0.717) is 17.1 Å². The monoisotopic (exact) mass is 455 g/mol. The molecule has 0 amide bonds. The van der Waals surface area contributed by atoms with E-state index in [1.165, 1.54) is 0 Å². The van der Waals surface area contributed by atoms with E-state index in [2.05, 4.69) is 26.2 Å². The zero-order valence-electron chi connectivity index (χ0n) is 14.6. The molecule has 1 aromatic heterocycles. The summed E-state index contributed by atoms with van der Waals surface area (Å²) in [5, 5.41) is 8.75. The van der Waals surface area contributed by atoms with Crippen LogP contribution in [0.3, 0.4) is 0 Å². The Kier molecular flexibility index (Phi) is 5.41. The first kappa shape index (κ1) is 18.7. The fraction of sp³-hybridized carbons (Fsp3) is 0.0952. The van der Waals surface area contributed by atoms with Gasteiger partial charge in [0.2, 0.25) is 0 Å². The number of aromatic nitrogens is 3. The number of carbonyl (C=O) groups excluding carboxylic acids is 1. The highest BCUT2D eigenvalue weighted by molar-refractivity contribution is 9.10. The van der Waals surface area contributed by atoms with E-state index in [9.17, 15) is 4.79 Å². The van der Waals surface area contributed by atoms with Gasteiger partial charge in [-0.05, 0) is 42.0 Å². The Labute approximate surface area is 175 Å². The molecule has 0 radical (unpaired) electrons. The van der Waals surface area contributed by atoms with E-state index in [4.69, 9.17) is 16.3 Å². The number of fused-ring (bicyclic) bond motifs is 1. The Hall–Kier alpha value is -2.70. The van der Waals surface area contributed by atoms with Crippen molar-refractivity contribution in [3.8, 4) is 0 Å². The fourth-order valence-corrected chi connectivity index (χ4v) is 3.39. The first-order valence-corrected chi connectivity index (χ1v) is 9.78. The Morgan fingerprint density at radius 3 is 2.54 bits per heavy atom. The molecule has 0 aliphatic rings. The molecule has 0 aliphatic heterocycles. The van der Waals surface area contributed by atoms with Gasteiger partial charge >= 0.3 is 5.97 Å². The molecular formula is C21H15BrClN3O2. The molecule has 0 N–H and O–H groups in total. The van der Waals surface area contributed by atoms with E-state index >= 15 is 0 Å². The number of halogens is 2. The molecule has 0 saturated heterocycles. The van der Waals surface area contributed by atoms with Gasteiger partial charge < -0.3 is 4.74 Å². The maximum absolute atomic E-state index is 12.7. The highest BCUT2D eigenvalue weighted by Crippen LogP contribution is 2.26. The van der Waals surface area contributed by atoms with E-state index in [1.54, 1.807) is 28.9 Å². The van der Waals surface area contributed by atoms with Crippen molar-refractivity contribution in [1.29, 1.82) is 0 Å². The third kappa shape index (κ3) is 3.93. The Balaban J connectivity index is 1.67. The SMILES string of the molecule is O=C(OC(Cn1nnc2ccccc21)c1ccc(Br)cc1)c1ccccc1Cl. The maximum Gasteiger partial charge on any atom is 0.340 e. The molecule has 7 heteroatoms. The highest BCUT2D eigenvalue weighted by Gasteiger charge is 2.21. The number of para-hydroxylation sites is 1. The van der Waals surface area contributed by atoms with Gasteiger partial charge in [-0.3, -0.25) is 0 Å². The fourth-order valence-electron chi connectivity index (χ4n) is 2.92. The molecule has 0 spiro atoms. The van der Waals surface area contributed by atoms with Gasteiger partial charge in [-0.2, -0.15) is 0 Å². The van der Waals surface area contributed by atoms with Gasteiger partial charge in [-0.1, -0.05) is 69.1 Å². The van der Waals surface area contributed by atoms with Crippen molar-refractivity contribution in [3.63, 3.8) is 0 Å². The summed E-state index contributed by atoms with van der Waals surface area (Å²) in [6.45, 7) is 0.332. The molecule has 4 aromatic rings. The van der Waals surface area contributed by atoms with Crippen LogP contribution in [-0.2, 0) is 11.3 Å². The van der Waals surface area contributed by atoms with Gasteiger partial charge in [-0.15, -0.1) is 5.10 Å². The van der Waals surface area contributed by atoms with Crippen molar-refractivity contribution < 1.29 is 9.53 Å². The van der Waals surface area contributed by atoms with Crippen LogP contribution in [0.4, 0.5) is 0 Å². The average molecular weight is 457 g/mol. The lowest BCUT2D eigenvalue weighted by molar-refractivity contribution is 0.0248. The molecule has 1 atom stereocenters. The smallest absolute Gasteiger partial charge is 0.340 e. The van der Waals surface area contributed by atoms with Gasteiger partial charge in [-0.25, -0.2) is 9.48 Å². The van der Waals surface area contributed by atoms with Crippen LogP contribution in [0.1, 0.15) is 22.0 Å². The number of hydrogen-bond donors (Lipinski definition) is 0. The molecule has 4 rings (SSSR count). The van der Waals surface area contributed by atoms with Crippen molar-refractivity contribution in [2.45, 2.75) is 12.6 Å². The van der Waals surface area contributed by atoms with Gasteiger partial charge in [0.25, 0.3) is 0 Å². The summed E-state index contributed by atoms with van der Waals surface area (Å²) in [6, 6.07) is 22.1. The number of ether oxygens (including phenoxy) is 1. The van der Waals surface area contributed by atoms with E-state index < -0.39 is 12.1 Å². The number of nitrogens with zero attached hydrogens (tertiary/aromatic N) is 3. The summed E-state index contributed by atoms with van der Waals surface area (Å²) < 4.78 is 8.52. The normalized spacial score (nSPS) is 12.1. The summed E-state index contributed by atoms with van der Waals surface area (Å²) in [7, 11) is 0. The van der Waals surface area contributed by atoms with Gasteiger partial charge in [0.15, 0.2) is 0 Å². The number of benzene rings is 3. The largest absolute Gasteiger partial charge is 0.452 e. The Bertz CT molecular complexity index is 1130. The minimum absolute atomic E-state index is 0.328. The van der Waals surface area contributed by atoms with E-state index in [0.717, 1.165) is 21.1 Å². The van der Waals surface area contributed by atoms with Gasteiger partial charge in [0, 0.05) is 4.47 Å². The predicted octanol–water partition coefficient (Wildman–Crippen LogP) is 5.45. The molecule has 0 bridgehead atoms. The van der Waals surface area contributed by atoms with Crippen LogP contribution >= 0.6 is 27.5 Å². The number of carbonyl (C=O) groups is 1. The van der Waals surface area contributed by atoms with Crippen molar-refractivity contribution >= 4 is 44.5 Å². The van der Waals surface area contributed by atoms with Gasteiger partial charge in [0.05, 0.1) is 22.6 Å². The van der Waals surface area contributed by atoms with Crippen LogP contribution in [-0.4, -0.2) is 21.0 Å². The zero-order chi connectivity index (χ0) is 19.5. The summed E-state index contributed by atoms with van der Waals surface area (Å²) in [5.74, 6) is -0.483. The lowest BCUT2D eigenvalue weighted by atomic mass is 10.1. The lowest BCUT2D eigenvalue weighted by Gasteiger charge is -2.19. The van der Waals surface area contributed by atoms with Crippen LogP contribution in [0.2, 0.25) is 5.02 Å². The molecule has 1 heterocycles. The Morgan fingerprint density at radius 1 is 1.04 bits per heavy atom. The van der Waals surface area contributed by atoms with E-state index in [1.807, 2.05) is 48.5 Å². The second-order valence-corrected chi connectivity index (χ2v) is 7.51. The molecule has 0 aliphatic carbocycles. The molecule has 3 aromatic carbocycles. The first-order valence-electron chi connectivity index (χ1n) is 8.61. The molecule has 28 heavy (non-hydrogen) atoms. The number of rotatable bonds is 5. The summed E-state index contributed by atoms with van der Waals surface area (Å²) in [6.07, 6.45) is -0.554. The molecule has 5 nitrogen and oxygen atoms in total. The number of hydrogen-bond acceptors (Lipinski definition) is 4. The van der Waals surface area contributed by atoms with Crippen molar-refractivity contribution in [2.75, 3.05) is 0 Å². The quantitative estimate of drug-likeness (QED) is 0.375. The maximum atomic E-state index is 12.7. The Morgan fingerprint density at radius 2 is 1.75 bits per heavy atom. The third-order valence-corrected chi connectivity index (χ3v) is 5.20. The first-order chi connectivity index (χ1) is 13.6. The molecular weight excluding hydrogens is 442 g/mol. The standard InChI is InChI=1S/C21H15BrClN3O2/c22-15-11-9-14(10-12-15)20(28-21(27)16-5-1-2-6-17(16)23)13-26-19-8-4-3-7-18(19)24-25-26/h1-12,20H,13H2. The zero-order valence-corrected chi connectivity index (χ0v) is 17.0. The van der Waals surface area contributed by atoms with E-state index in [-0.39, 0.29) is 0 Å². The topological polar surface area (TPSA) is 57.0 Å². The van der Waals surface area contributed by atoms with Crippen LogP contribution in [0, 0.1) is 0 Å². The van der Waals surface area contributed by atoms with Crippen LogP contribution in [0.15, 0.2) is 77.3 Å². The van der Waals surface area contributed by atoms with Crippen LogP contribution in [0.5, 0.6) is 0 Å². The summed E-state index contributed by atoms with van der Waals surface area (Å²) >= 11 is 9.59. The minimum atomic E-state index is -0.554. The number of esters is 1. The highest BCUT2D eigenvalue weighted by atomic mass is 79.9. The van der Waals surface area contributed by atoms with Crippen LogP contribution in [0.25, 0.3) is 11.0 Å². The molecule has 1 unspecified atom stereocenters. The van der Waals surface area contributed by atoms with Crippen molar-refractivity contribution in [2.24, 2.45) is 0 Å². The molecule has 0 fully saturated rings.